The summed E-state index contributed by atoms with van der Waals surface area (Å²) in [7, 11) is -3.88. The lowest BCUT2D eigenvalue weighted by Crippen LogP contribution is -2.16. The second kappa shape index (κ2) is 5.45. The molecule has 0 aliphatic rings. The van der Waals surface area contributed by atoms with E-state index < -0.39 is 22.4 Å². The van der Waals surface area contributed by atoms with E-state index in [1.165, 1.54) is 30.3 Å². The van der Waals surface area contributed by atoms with E-state index in [0.717, 1.165) is 0 Å². The quantitative estimate of drug-likeness (QED) is 0.873. The highest BCUT2D eigenvalue weighted by molar-refractivity contribution is 7.92. The average Bonchev–Trinajstić information content (AvgIpc) is 2.19. The van der Waals surface area contributed by atoms with Gasteiger partial charge in [0.05, 0.1) is 11.8 Å². The summed E-state index contributed by atoms with van der Waals surface area (Å²) in [5, 5.41) is 8.27. The van der Waals surface area contributed by atoms with Crippen molar-refractivity contribution in [2.45, 2.75) is 6.61 Å². The molecule has 0 atom stereocenters. The molecular weight excluding hydrogens is 254 g/mol. The number of ether oxygens (including phenoxy) is 1. The van der Waals surface area contributed by atoms with E-state index in [4.69, 9.17) is 5.26 Å². The van der Waals surface area contributed by atoms with Crippen molar-refractivity contribution in [3.8, 4) is 11.8 Å². The van der Waals surface area contributed by atoms with Gasteiger partial charge in [0.1, 0.15) is 5.75 Å². The first-order valence-electron chi connectivity index (χ1n) is 4.36. The van der Waals surface area contributed by atoms with Gasteiger partial charge in [0.25, 0.3) is 0 Å². The highest BCUT2D eigenvalue weighted by Crippen LogP contribution is 2.26. The highest BCUT2D eigenvalue weighted by atomic mass is 32.2. The minimum Gasteiger partial charge on any atom is -0.433 e. The van der Waals surface area contributed by atoms with Gasteiger partial charge in [-0.2, -0.15) is 14.0 Å². The van der Waals surface area contributed by atoms with Crippen LogP contribution in [0.2, 0.25) is 0 Å². The third-order valence-corrected chi connectivity index (χ3v) is 2.66. The van der Waals surface area contributed by atoms with E-state index in [1.54, 1.807) is 0 Å². The first-order chi connectivity index (χ1) is 7.94. The number of nitrogens with zero attached hydrogens (tertiary/aromatic N) is 1. The highest BCUT2D eigenvalue weighted by Gasteiger charge is 2.14. The number of benzene rings is 1. The van der Waals surface area contributed by atoms with E-state index >= 15 is 0 Å². The number of sulfonamides is 1. The molecule has 5 nitrogen and oxygen atoms in total. The largest absolute Gasteiger partial charge is 0.433 e. The normalized spacial score (nSPS) is 10.9. The van der Waals surface area contributed by atoms with Crippen molar-refractivity contribution in [3.63, 3.8) is 0 Å². The van der Waals surface area contributed by atoms with E-state index in [9.17, 15) is 17.2 Å². The Morgan fingerprint density at radius 2 is 2.06 bits per heavy atom. The van der Waals surface area contributed by atoms with E-state index in [-0.39, 0.29) is 11.4 Å². The van der Waals surface area contributed by atoms with Crippen LogP contribution in [0.15, 0.2) is 24.3 Å². The van der Waals surface area contributed by atoms with Crippen LogP contribution in [0.25, 0.3) is 0 Å². The van der Waals surface area contributed by atoms with Gasteiger partial charge in [0.15, 0.2) is 5.75 Å². The molecule has 0 bridgehead atoms. The lowest BCUT2D eigenvalue weighted by Gasteiger charge is -2.11. The maximum Gasteiger partial charge on any atom is 0.387 e. The molecule has 1 aromatic rings. The monoisotopic (exact) mass is 262 g/mol. The van der Waals surface area contributed by atoms with Gasteiger partial charge in [-0.1, -0.05) is 12.1 Å². The summed E-state index contributed by atoms with van der Waals surface area (Å²) in [6.45, 7) is -3.06. The summed E-state index contributed by atoms with van der Waals surface area (Å²) in [6.07, 6.45) is 0. The van der Waals surface area contributed by atoms with Crippen molar-refractivity contribution < 1.29 is 21.9 Å². The zero-order valence-corrected chi connectivity index (χ0v) is 9.25. The number of rotatable bonds is 5. The summed E-state index contributed by atoms with van der Waals surface area (Å²) in [4.78, 5) is 0. The zero-order chi connectivity index (χ0) is 12.9. The van der Waals surface area contributed by atoms with E-state index in [1.807, 2.05) is 4.72 Å². The third-order valence-electron chi connectivity index (χ3n) is 1.62. The Labute approximate surface area is 96.7 Å². The van der Waals surface area contributed by atoms with Crippen molar-refractivity contribution in [1.29, 1.82) is 5.26 Å². The number of hydrogen-bond donors (Lipinski definition) is 1. The molecule has 17 heavy (non-hydrogen) atoms. The molecule has 0 aromatic heterocycles. The molecule has 0 saturated heterocycles. The van der Waals surface area contributed by atoms with Crippen molar-refractivity contribution in [2.24, 2.45) is 0 Å². The third kappa shape index (κ3) is 4.24. The number of hydrogen-bond acceptors (Lipinski definition) is 4. The molecule has 0 aliphatic heterocycles. The molecule has 0 fully saturated rings. The summed E-state index contributed by atoms with van der Waals surface area (Å²) < 4.78 is 52.7. The second-order valence-corrected chi connectivity index (χ2v) is 4.62. The van der Waals surface area contributed by atoms with Crippen LogP contribution < -0.4 is 9.46 Å². The lowest BCUT2D eigenvalue weighted by molar-refractivity contribution is -0.0493. The van der Waals surface area contributed by atoms with E-state index in [0.29, 0.717) is 0 Å². The Balaban J connectivity index is 2.95. The molecule has 0 spiro atoms. The van der Waals surface area contributed by atoms with Gasteiger partial charge in [0, 0.05) is 0 Å². The Morgan fingerprint density at radius 1 is 1.41 bits per heavy atom. The molecule has 0 unspecified atom stereocenters. The molecule has 1 N–H and O–H groups in total. The fourth-order valence-corrected chi connectivity index (χ4v) is 1.78. The predicted molar refractivity (Wildman–Crippen MR) is 56.1 cm³/mol. The van der Waals surface area contributed by atoms with Gasteiger partial charge >= 0.3 is 6.61 Å². The fourth-order valence-electron chi connectivity index (χ4n) is 1.04. The fraction of sp³-hybridized carbons (Fsp3) is 0.222. The molecule has 0 saturated carbocycles. The smallest absolute Gasteiger partial charge is 0.387 e. The van der Waals surface area contributed by atoms with Crippen molar-refractivity contribution in [1.82, 2.24) is 0 Å². The van der Waals surface area contributed by atoms with Crippen LogP contribution in [0, 0.1) is 11.3 Å². The summed E-state index contributed by atoms with van der Waals surface area (Å²) in [5.74, 6) is -1.07. The van der Waals surface area contributed by atoms with Gasteiger partial charge in [-0.05, 0) is 12.1 Å². The molecule has 1 aromatic carbocycles. The Hall–Kier alpha value is -1.88. The first-order valence-corrected chi connectivity index (χ1v) is 6.01. The minimum absolute atomic E-state index is 0.136. The first kappa shape index (κ1) is 13.2. The number of alkyl halides is 2. The van der Waals surface area contributed by atoms with Gasteiger partial charge in [-0.25, -0.2) is 8.42 Å². The standard InChI is InChI=1S/C9H8F2N2O3S/c10-9(11)16-8-4-2-1-3-7(8)13-17(14,15)6-5-12/h1-4,9,13H,6H2. The molecule has 8 heteroatoms. The molecule has 0 aliphatic carbocycles. The van der Waals surface area contributed by atoms with Gasteiger partial charge in [0.2, 0.25) is 10.0 Å². The second-order valence-electron chi connectivity index (χ2n) is 2.89. The summed E-state index contributed by atoms with van der Waals surface area (Å²) in [6, 6.07) is 6.76. The Kier molecular flexibility index (Phi) is 4.23. The van der Waals surface area contributed by atoms with Crippen LogP contribution in [0.5, 0.6) is 5.75 Å². The van der Waals surface area contributed by atoms with Crippen molar-refractivity contribution in [3.05, 3.63) is 24.3 Å². The van der Waals surface area contributed by atoms with E-state index in [2.05, 4.69) is 4.74 Å². The molecule has 0 radical (unpaired) electrons. The van der Waals surface area contributed by atoms with Crippen LogP contribution >= 0.6 is 0 Å². The number of halogens is 2. The van der Waals surface area contributed by atoms with Crippen LogP contribution in [-0.4, -0.2) is 20.8 Å². The average molecular weight is 262 g/mol. The lowest BCUT2D eigenvalue weighted by atomic mass is 10.3. The van der Waals surface area contributed by atoms with Gasteiger partial charge < -0.3 is 4.74 Å². The van der Waals surface area contributed by atoms with Crippen LogP contribution in [0.4, 0.5) is 14.5 Å². The Bertz CT molecular complexity index is 525. The number of para-hydroxylation sites is 2. The zero-order valence-electron chi connectivity index (χ0n) is 8.43. The SMILES string of the molecule is N#CCS(=O)(=O)Nc1ccccc1OC(F)F. The number of nitriles is 1. The summed E-state index contributed by atoms with van der Waals surface area (Å²) >= 11 is 0. The Morgan fingerprint density at radius 3 is 2.65 bits per heavy atom. The molecule has 0 amide bonds. The van der Waals surface area contributed by atoms with Gasteiger partial charge in [-0.3, -0.25) is 4.72 Å². The molecule has 92 valence electrons. The molecule has 0 heterocycles. The minimum atomic E-state index is -3.88. The van der Waals surface area contributed by atoms with Crippen LogP contribution in [0.3, 0.4) is 0 Å². The van der Waals surface area contributed by atoms with Crippen LogP contribution in [0.1, 0.15) is 0 Å². The topological polar surface area (TPSA) is 79.2 Å². The van der Waals surface area contributed by atoms with Crippen LogP contribution in [-0.2, 0) is 10.0 Å². The van der Waals surface area contributed by atoms with Crippen molar-refractivity contribution >= 4 is 15.7 Å². The molecular formula is C9H8F2N2O3S. The van der Waals surface area contributed by atoms with Gasteiger partial charge in [-0.15, -0.1) is 0 Å². The molecule has 1 rings (SSSR count). The predicted octanol–water partition coefficient (Wildman–Crippen LogP) is 1.55. The number of anilines is 1. The summed E-state index contributed by atoms with van der Waals surface area (Å²) in [5.41, 5.74) is -0.136. The number of nitrogens with one attached hydrogen (secondary N) is 1. The van der Waals surface area contributed by atoms with Crippen molar-refractivity contribution in [2.75, 3.05) is 10.5 Å². The maximum absolute atomic E-state index is 12.0. The maximum atomic E-state index is 12.0.